The van der Waals surface area contributed by atoms with Crippen LogP contribution in [0.15, 0.2) is 18.2 Å². The summed E-state index contributed by atoms with van der Waals surface area (Å²) in [5.74, 6) is -0.179. The highest BCUT2D eigenvalue weighted by molar-refractivity contribution is 5.26. The molecule has 0 unspecified atom stereocenters. The van der Waals surface area contributed by atoms with E-state index in [0.717, 1.165) is 17.7 Å². The van der Waals surface area contributed by atoms with E-state index in [4.69, 9.17) is 4.74 Å². The van der Waals surface area contributed by atoms with Gasteiger partial charge in [-0.15, -0.1) is 0 Å². The summed E-state index contributed by atoms with van der Waals surface area (Å²) < 4.78 is 17.8. The third kappa shape index (κ3) is 3.98. The maximum Gasteiger partial charge on any atom is 0.123 e. The van der Waals surface area contributed by atoms with Gasteiger partial charge >= 0.3 is 0 Å². The molecule has 0 bridgehead atoms. The maximum atomic E-state index is 12.8. The topological polar surface area (TPSA) is 21.3 Å². The van der Waals surface area contributed by atoms with E-state index in [1.54, 1.807) is 13.2 Å². The summed E-state index contributed by atoms with van der Waals surface area (Å²) in [4.78, 5) is 0. The SMILES string of the molecule is COC[C@H](C)NCc1ccc(F)cc1C. The van der Waals surface area contributed by atoms with Gasteiger partial charge in [0.2, 0.25) is 0 Å². The van der Waals surface area contributed by atoms with Gasteiger partial charge in [0.25, 0.3) is 0 Å². The number of rotatable bonds is 5. The van der Waals surface area contributed by atoms with E-state index in [-0.39, 0.29) is 5.82 Å². The fourth-order valence-corrected chi connectivity index (χ4v) is 1.45. The third-order valence-corrected chi connectivity index (χ3v) is 2.36. The highest BCUT2D eigenvalue weighted by atomic mass is 19.1. The van der Waals surface area contributed by atoms with Gasteiger partial charge in [-0.25, -0.2) is 4.39 Å². The highest BCUT2D eigenvalue weighted by Gasteiger charge is 2.03. The number of aryl methyl sites for hydroxylation is 1. The van der Waals surface area contributed by atoms with E-state index >= 15 is 0 Å². The van der Waals surface area contributed by atoms with Crippen LogP contribution in [-0.4, -0.2) is 19.8 Å². The van der Waals surface area contributed by atoms with Crippen molar-refractivity contribution in [2.75, 3.05) is 13.7 Å². The van der Waals surface area contributed by atoms with Crippen molar-refractivity contribution in [3.05, 3.63) is 35.1 Å². The van der Waals surface area contributed by atoms with E-state index in [1.165, 1.54) is 6.07 Å². The standard InChI is InChI=1S/C12H18FNO/c1-9-6-12(13)5-4-11(9)7-14-10(2)8-15-3/h4-6,10,14H,7-8H2,1-3H3/t10-/m0/s1. The fourth-order valence-electron chi connectivity index (χ4n) is 1.45. The normalized spacial score (nSPS) is 12.8. The van der Waals surface area contributed by atoms with Gasteiger partial charge in [-0.2, -0.15) is 0 Å². The van der Waals surface area contributed by atoms with E-state index in [9.17, 15) is 4.39 Å². The van der Waals surface area contributed by atoms with Crippen molar-refractivity contribution in [3.8, 4) is 0 Å². The van der Waals surface area contributed by atoms with Gasteiger partial charge in [-0.1, -0.05) is 6.07 Å². The van der Waals surface area contributed by atoms with Crippen LogP contribution in [0.2, 0.25) is 0 Å². The van der Waals surface area contributed by atoms with Crippen LogP contribution >= 0.6 is 0 Å². The molecular formula is C12H18FNO. The molecule has 1 atom stereocenters. The van der Waals surface area contributed by atoms with Crippen LogP contribution in [-0.2, 0) is 11.3 Å². The Morgan fingerprint density at radius 1 is 1.47 bits per heavy atom. The molecule has 3 heteroatoms. The first-order valence-electron chi connectivity index (χ1n) is 5.11. The van der Waals surface area contributed by atoms with Crippen molar-refractivity contribution in [1.29, 1.82) is 0 Å². The Hall–Kier alpha value is -0.930. The number of nitrogens with one attached hydrogen (secondary N) is 1. The Kier molecular flexibility index (Phi) is 4.72. The number of halogens is 1. The molecule has 0 aliphatic carbocycles. The minimum Gasteiger partial charge on any atom is -0.383 e. The monoisotopic (exact) mass is 211 g/mol. The predicted octanol–water partition coefficient (Wildman–Crippen LogP) is 2.26. The molecule has 1 aromatic rings. The number of methoxy groups -OCH3 is 1. The van der Waals surface area contributed by atoms with Gasteiger partial charge in [-0.05, 0) is 37.1 Å². The number of benzene rings is 1. The first kappa shape index (κ1) is 12.1. The molecular weight excluding hydrogens is 193 g/mol. The third-order valence-electron chi connectivity index (χ3n) is 2.36. The smallest absolute Gasteiger partial charge is 0.123 e. The van der Waals surface area contributed by atoms with Gasteiger partial charge in [0.1, 0.15) is 5.82 Å². The van der Waals surface area contributed by atoms with Crippen LogP contribution in [0.3, 0.4) is 0 Å². The van der Waals surface area contributed by atoms with Crippen LogP contribution in [0.4, 0.5) is 4.39 Å². The lowest BCUT2D eigenvalue weighted by atomic mass is 10.1. The zero-order chi connectivity index (χ0) is 11.3. The molecule has 84 valence electrons. The van der Waals surface area contributed by atoms with Gasteiger partial charge in [-0.3, -0.25) is 0 Å². The van der Waals surface area contributed by atoms with Crippen LogP contribution in [0, 0.1) is 12.7 Å². The molecule has 2 nitrogen and oxygen atoms in total. The lowest BCUT2D eigenvalue weighted by molar-refractivity contribution is 0.171. The second-order valence-electron chi connectivity index (χ2n) is 3.81. The highest BCUT2D eigenvalue weighted by Crippen LogP contribution is 2.09. The molecule has 1 rings (SSSR count). The van der Waals surface area contributed by atoms with Crippen LogP contribution in [0.25, 0.3) is 0 Å². The lowest BCUT2D eigenvalue weighted by Gasteiger charge is -2.13. The van der Waals surface area contributed by atoms with Crippen molar-refractivity contribution < 1.29 is 9.13 Å². The number of hydrogen-bond acceptors (Lipinski definition) is 2. The average Bonchev–Trinajstić information content (AvgIpc) is 2.17. The molecule has 0 spiro atoms. The summed E-state index contributed by atoms with van der Waals surface area (Å²) in [6.07, 6.45) is 0. The Labute approximate surface area is 90.4 Å². The molecule has 0 aliphatic heterocycles. The Morgan fingerprint density at radius 2 is 2.20 bits per heavy atom. The van der Waals surface area contributed by atoms with E-state index in [1.807, 2.05) is 13.0 Å². The lowest BCUT2D eigenvalue weighted by Crippen LogP contribution is -2.29. The molecule has 0 fully saturated rings. The first-order chi connectivity index (χ1) is 7.13. The zero-order valence-electron chi connectivity index (χ0n) is 9.51. The second-order valence-corrected chi connectivity index (χ2v) is 3.81. The molecule has 0 saturated carbocycles. The van der Waals surface area contributed by atoms with Gasteiger partial charge in [0.15, 0.2) is 0 Å². The molecule has 0 radical (unpaired) electrons. The quantitative estimate of drug-likeness (QED) is 0.806. The molecule has 15 heavy (non-hydrogen) atoms. The molecule has 0 amide bonds. The maximum absolute atomic E-state index is 12.8. The summed E-state index contributed by atoms with van der Waals surface area (Å²) >= 11 is 0. The Balaban J connectivity index is 2.50. The van der Waals surface area contributed by atoms with Crippen molar-refractivity contribution in [2.45, 2.75) is 26.4 Å². The fraction of sp³-hybridized carbons (Fsp3) is 0.500. The first-order valence-corrected chi connectivity index (χ1v) is 5.11. The minimum absolute atomic E-state index is 0.179. The zero-order valence-corrected chi connectivity index (χ0v) is 9.51. The summed E-state index contributed by atoms with van der Waals surface area (Å²) in [6.45, 7) is 5.40. The molecule has 0 saturated heterocycles. The van der Waals surface area contributed by atoms with Crippen LogP contribution < -0.4 is 5.32 Å². The molecule has 1 aromatic carbocycles. The van der Waals surface area contributed by atoms with Crippen LogP contribution in [0.5, 0.6) is 0 Å². The van der Waals surface area contributed by atoms with Crippen molar-refractivity contribution in [1.82, 2.24) is 5.32 Å². The Morgan fingerprint density at radius 3 is 2.80 bits per heavy atom. The van der Waals surface area contributed by atoms with Gasteiger partial charge < -0.3 is 10.1 Å². The number of ether oxygens (including phenoxy) is 1. The summed E-state index contributed by atoms with van der Waals surface area (Å²) in [5, 5.41) is 3.31. The van der Waals surface area contributed by atoms with E-state index < -0.39 is 0 Å². The molecule has 0 aliphatic rings. The number of hydrogen-bond donors (Lipinski definition) is 1. The van der Waals surface area contributed by atoms with Crippen LogP contribution in [0.1, 0.15) is 18.1 Å². The summed E-state index contributed by atoms with van der Waals surface area (Å²) in [6, 6.07) is 5.17. The minimum atomic E-state index is -0.179. The average molecular weight is 211 g/mol. The predicted molar refractivity (Wildman–Crippen MR) is 59.3 cm³/mol. The van der Waals surface area contributed by atoms with Crippen molar-refractivity contribution in [2.24, 2.45) is 0 Å². The molecule has 0 heterocycles. The summed E-state index contributed by atoms with van der Waals surface area (Å²) in [7, 11) is 1.68. The molecule has 1 N–H and O–H groups in total. The summed E-state index contributed by atoms with van der Waals surface area (Å²) in [5.41, 5.74) is 2.10. The molecule has 0 aromatic heterocycles. The van der Waals surface area contributed by atoms with Crippen molar-refractivity contribution in [3.63, 3.8) is 0 Å². The van der Waals surface area contributed by atoms with Gasteiger partial charge in [0, 0.05) is 19.7 Å². The second kappa shape index (κ2) is 5.83. The van der Waals surface area contributed by atoms with E-state index in [2.05, 4.69) is 12.2 Å². The largest absolute Gasteiger partial charge is 0.383 e. The van der Waals surface area contributed by atoms with Crippen molar-refractivity contribution >= 4 is 0 Å². The van der Waals surface area contributed by atoms with E-state index in [0.29, 0.717) is 12.6 Å². The van der Waals surface area contributed by atoms with Gasteiger partial charge in [0.05, 0.1) is 6.61 Å². The Bertz CT molecular complexity index is 314.